The molecule has 0 spiro atoms. The molecule has 2 nitrogen and oxygen atoms in total. The predicted molar refractivity (Wildman–Crippen MR) is 83.5 cm³/mol. The maximum absolute atomic E-state index is 6.09. The fraction of sp³-hybridized carbons (Fsp3) is 0.600. The molecule has 1 heterocycles. The number of benzene rings is 1. The lowest BCUT2D eigenvalue weighted by atomic mass is 10.2. The zero-order valence-electron chi connectivity index (χ0n) is 11.3. The Balaban J connectivity index is 0.00000180. The molecule has 0 saturated carbocycles. The van der Waals surface area contributed by atoms with E-state index in [1.807, 2.05) is 30.3 Å². The fourth-order valence-corrected chi connectivity index (χ4v) is 2.64. The van der Waals surface area contributed by atoms with Crippen LogP contribution in [0.1, 0.15) is 32.1 Å². The molecule has 0 aliphatic carbocycles. The normalized spacial score (nSPS) is 18.2. The van der Waals surface area contributed by atoms with Crippen LogP contribution < -0.4 is 4.74 Å². The summed E-state index contributed by atoms with van der Waals surface area (Å²) in [6.45, 7) is 2.27. The smallest absolute Gasteiger partial charge is 0.153 e. The summed E-state index contributed by atoms with van der Waals surface area (Å²) in [6, 6.07) is 10.1. The van der Waals surface area contributed by atoms with Gasteiger partial charge in [0.2, 0.25) is 0 Å². The minimum atomic E-state index is 0. The number of hydrogen-bond donors (Lipinski definition) is 0. The molecule has 0 bridgehead atoms. The molecule has 4 heteroatoms. The third-order valence-electron chi connectivity index (χ3n) is 3.42. The van der Waals surface area contributed by atoms with Crippen molar-refractivity contribution in [1.29, 1.82) is 0 Å². The first-order valence-electron chi connectivity index (χ1n) is 6.92. The molecule has 0 N–H and O–H groups in total. The first-order valence-corrected chi connectivity index (χ1v) is 7.45. The molecule has 1 atom stereocenters. The number of hydrogen-bond acceptors (Lipinski definition) is 2. The molecule has 2 rings (SSSR count). The second-order valence-corrected chi connectivity index (χ2v) is 5.19. The number of ether oxygens (including phenoxy) is 1. The Hall–Kier alpha value is -0.440. The third kappa shape index (κ3) is 5.60. The average Bonchev–Trinajstić information content (AvgIpc) is 2.68. The van der Waals surface area contributed by atoms with Gasteiger partial charge in [-0.1, -0.05) is 31.0 Å². The lowest BCUT2D eigenvalue weighted by Crippen LogP contribution is -2.40. The zero-order chi connectivity index (χ0) is 12.6. The minimum absolute atomic E-state index is 0. The summed E-state index contributed by atoms with van der Waals surface area (Å²) in [5.41, 5.74) is 0. The average molecular weight is 304 g/mol. The summed E-state index contributed by atoms with van der Waals surface area (Å²) >= 11 is 5.92. The van der Waals surface area contributed by atoms with Crippen molar-refractivity contribution in [2.24, 2.45) is 0 Å². The van der Waals surface area contributed by atoms with Crippen molar-refractivity contribution in [2.75, 3.05) is 19.0 Å². The van der Waals surface area contributed by atoms with E-state index in [9.17, 15) is 0 Å². The van der Waals surface area contributed by atoms with E-state index in [1.165, 1.54) is 25.7 Å². The van der Waals surface area contributed by atoms with Gasteiger partial charge >= 0.3 is 0 Å². The Morgan fingerprint density at radius 2 is 1.68 bits per heavy atom. The van der Waals surface area contributed by atoms with E-state index in [2.05, 4.69) is 4.90 Å². The molecule has 1 fully saturated rings. The highest BCUT2D eigenvalue weighted by Gasteiger charge is 2.20. The van der Waals surface area contributed by atoms with Gasteiger partial charge in [-0.15, -0.1) is 24.0 Å². The summed E-state index contributed by atoms with van der Waals surface area (Å²) in [7, 11) is 0. The minimum Gasteiger partial charge on any atom is -0.475 e. The highest BCUT2D eigenvalue weighted by molar-refractivity contribution is 6.17. The van der Waals surface area contributed by atoms with Crippen molar-refractivity contribution >= 4 is 24.0 Å². The summed E-state index contributed by atoms with van der Waals surface area (Å²) in [5, 5.41) is 0. The van der Waals surface area contributed by atoms with E-state index in [-0.39, 0.29) is 18.6 Å². The van der Waals surface area contributed by atoms with Gasteiger partial charge in [-0.3, -0.25) is 4.90 Å². The lowest BCUT2D eigenvalue weighted by molar-refractivity contribution is 0.0253. The highest BCUT2D eigenvalue weighted by Crippen LogP contribution is 2.19. The molecule has 0 radical (unpaired) electrons. The maximum Gasteiger partial charge on any atom is 0.153 e. The molecule has 1 aromatic carbocycles. The second kappa shape index (κ2) is 9.46. The Bertz CT molecular complexity index is 326. The maximum atomic E-state index is 6.09. The first kappa shape index (κ1) is 16.6. The van der Waals surface area contributed by atoms with Gasteiger partial charge in [0.05, 0.1) is 0 Å². The number of likely N-dealkylation sites (tertiary alicyclic amines) is 1. The second-order valence-electron chi connectivity index (χ2n) is 4.81. The van der Waals surface area contributed by atoms with Gasteiger partial charge in [0.1, 0.15) is 5.75 Å². The van der Waals surface area contributed by atoms with Crippen LogP contribution in [-0.2, 0) is 0 Å². The van der Waals surface area contributed by atoms with Gasteiger partial charge in [-0.05, 0) is 25.0 Å². The molecule has 0 amide bonds. The lowest BCUT2D eigenvalue weighted by Gasteiger charge is -2.30. The van der Waals surface area contributed by atoms with Gasteiger partial charge in [-0.2, -0.15) is 0 Å². The zero-order valence-corrected chi connectivity index (χ0v) is 12.8. The van der Waals surface area contributed by atoms with Crippen LogP contribution in [0.25, 0.3) is 0 Å². The van der Waals surface area contributed by atoms with E-state index >= 15 is 0 Å². The summed E-state index contributed by atoms with van der Waals surface area (Å²) in [4.78, 5) is 2.45. The Kier molecular flexibility index (Phi) is 8.27. The van der Waals surface area contributed by atoms with Crippen LogP contribution in [0.3, 0.4) is 0 Å². The Morgan fingerprint density at radius 1 is 1.05 bits per heavy atom. The number of nitrogens with zero attached hydrogens (tertiary/aromatic N) is 1. The van der Waals surface area contributed by atoms with Crippen LogP contribution in [0.4, 0.5) is 0 Å². The van der Waals surface area contributed by atoms with Crippen LogP contribution in [0.15, 0.2) is 30.3 Å². The first-order chi connectivity index (χ1) is 8.90. The van der Waals surface area contributed by atoms with Crippen LogP contribution in [0.5, 0.6) is 5.75 Å². The molecule has 1 aliphatic rings. The fourth-order valence-electron chi connectivity index (χ4n) is 2.45. The quantitative estimate of drug-likeness (QED) is 0.751. The van der Waals surface area contributed by atoms with Crippen LogP contribution in [-0.4, -0.2) is 30.1 Å². The van der Waals surface area contributed by atoms with Crippen molar-refractivity contribution in [3.63, 3.8) is 0 Å². The van der Waals surface area contributed by atoms with Crippen LogP contribution >= 0.6 is 24.0 Å². The van der Waals surface area contributed by atoms with Crippen LogP contribution in [0.2, 0.25) is 0 Å². The third-order valence-corrected chi connectivity index (χ3v) is 3.64. The molecule has 1 saturated heterocycles. The van der Waals surface area contributed by atoms with Crippen molar-refractivity contribution in [3.8, 4) is 5.75 Å². The van der Waals surface area contributed by atoms with Gasteiger partial charge in [0.15, 0.2) is 6.23 Å². The number of para-hydroxylation sites is 1. The van der Waals surface area contributed by atoms with Gasteiger partial charge in [0.25, 0.3) is 0 Å². The van der Waals surface area contributed by atoms with Crippen molar-refractivity contribution < 1.29 is 4.74 Å². The molecule has 108 valence electrons. The largest absolute Gasteiger partial charge is 0.475 e. The molecular formula is C15H23Cl2NO. The van der Waals surface area contributed by atoms with E-state index in [0.29, 0.717) is 5.88 Å². The monoisotopic (exact) mass is 303 g/mol. The van der Waals surface area contributed by atoms with Crippen molar-refractivity contribution in [1.82, 2.24) is 4.90 Å². The SMILES string of the molecule is Cl.ClCCC(Oc1ccccc1)N1CCCCCC1. The number of rotatable bonds is 5. The van der Waals surface area contributed by atoms with Crippen molar-refractivity contribution in [3.05, 3.63) is 30.3 Å². The van der Waals surface area contributed by atoms with E-state index < -0.39 is 0 Å². The predicted octanol–water partition coefficient (Wildman–Crippen LogP) is 4.32. The molecule has 0 aromatic heterocycles. The van der Waals surface area contributed by atoms with E-state index in [4.69, 9.17) is 16.3 Å². The summed E-state index contributed by atoms with van der Waals surface area (Å²) in [5.74, 6) is 1.59. The van der Waals surface area contributed by atoms with E-state index in [1.54, 1.807) is 0 Å². The van der Waals surface area contributed by atoms with Crippen LogP contribution in [0, 0.1) is 0 Å². The highest BCUT2D eigenvalue weighted by atomic mass is 35.5. The molecular weight excluding hydrogens is 281 g/mol. The topological polar surface area (TPSA) is 12.5 Å². The molecule has 1 unspecified atom stereocenters. The summed E-state index contributed by atoms with van der Waals surface area (Å²) in [6.07, 6.45) is 6.25. The van der Waals surface area contributed by atoms with Gasteiger partial charge in [0, 0.05) is 25.4 Å². The molecule has 1 aliphatic heterocycles. The van der Waals surface area contributed by atoms with Gasteiger partial charge < -0.3 is 4.74 Å². The molecule has 19 heavy (non-hydrogen) atoms. The molecule has 1 aromatic rings. The Labute approximate surface area is 127 Å². The van der Waals surface area contributed by atoms with Gasteiger partial charge in [-0.25, -0.2) is 0 Å². The standard InChI is InChI=1S/C15H22ClNO.ClH/c16-11-10-15(17-12-6-1-2-7-13-17)18-14-8-4-3-5-9-14;/h3-5,8-9,15H,1-2,6-7,10-13H2;1H. The number of halogens is 2. The Morgan fingerprint density at radius 3 is 2.26 bits per heavy atom. The summed E-state index contributed by atoms with van der Waals surface area (Å²) < 4.78 is 6.09. The number of alkyl halides is 1. The van der Waals surface area contributed by atoms with Crippen molar-refractivity contribution in [2.45, 2.75) is 38.3 Å². The van der Waals surface area contributed by atoms with E-state index in [0.717, 1.165) is 25.3 Å².